The average Bonchev–Trinajstić information content (AvgIpc) is 2.78. The van der Waals surface area contributed by atoms with Crippen molar-refractivity contribution in [2.75, 3.05) is 0 Å². The molecule has 5 nitrogen and oxygen atoms in total. The number of rotatable bonds is 5. The van der Waals surface area contributed by atoms with E-state index in [9.17, 15) is 14.5 Å². The first-order chi connectivity index (χ1) is 9.47. The summed E-state index contributed by atoms with van der Waals surface area (Å²) in [4.78, 5) is 9.98. The van der Waals surface area contributed by atoms with E-state index < -0.39 is 16.4 Å². The molecule has 1 unspecified atom stereocenters. The van der Waals surface area contributed by atoms with Crippen LogP contribution in [0.3, 0.4) is 0 Å². The molecule has 0 saturated heterocycles. The van der Waals surface area contributed by atoms with Crippen LogP contribution >= 0.6 is 0 Å². The van der Waals surface area contributed by atoms with Gasteiger partial charge in [-0.25, -0.2) is 0 Å². The minimum atomic E-state index is -0.778. The first-order valence-corrected chi connectivity index (χ1v) is 6.29. The van der Waals surface area contributed by atoms with Crippen molar-refractivity contribution in [1.29, 1.82) is 0 Å². The van der Waals surface area contributed by atoms with Gasteiger partial charge in [0.05, 0.1) is 11.5 Å². The fraction of sp³-hybridized carbons (Fsp3) is 0.286. The van der Waals surface area contributed by atoms with Gasteiger partial charge >= 0.3 is 5.69 Å². The van der Waals surface area contributed by atoms with Crippen LogP contribution in [-0.2, 0) is 13.0 Å². The Balaban J connectivity index is 2.20. The lowest BCUT2D eigenvalue weighted by molar-refractivity contribution is -0.387. The zero-order valence-electron chi connectivity index (χ0n) is 11.1. The second-order valence-corrected chi connectivity index (χ2v) is 4.88. The van der Waals surface area contributed by atoms with Gasteiger partial charge in [0.1, 0.15) is 0 Å². The smallest absolute Gasteiger partial charge is 0.305 e. The number of hydrogen-bond acceptors (Lipinski definition) is 3. The molecule has 6 heteroatoms. The number of nitro groups is 1. The van der Waals surface area contributed by atoms with Crippen LogP contribution in [0, 0.1) is 15.9 Å². The Morgan fingerprint density at radius 1 is 1.45 bits per heavy atom. The fourth-order valence-electron chi connectivity index (χ4n) is 2.11. The van der Waals surface area contributed by atoms with Gasteiger partial charge in [-0.15, -0.1) is 0 Å². The van der Waals surface area contributed by atoms with E-state index in [1.54, 1.807) is 10.6 Å². The molecule has 2 rings (SSSR count). The highest BCUT2D eigenvalue weighted by atomic mass is 19.1. The molecule has 0 amide bonds. The van der Waals surface area contributed by atoms with E-state index in [2.05, 4.69) is 0 Å². The largest absolute Gasteiger partial charge is 0.350 e. The van der Waals surface area contributed by atoms with Gasteiger partial charge in [-0.05, 0) is 25.0 Å². The molecular formula is C14H16FN3O2. The number of nitrogens with zero attached hydrogens (tertiary/aromatic N) is 2. The van der Waals surface area contributed by atoms with Gasteiger partial charge in [-0.2, -0.15) is 4.39 Å². The van der Waals surface area contributed by atoms with Gasteiger partial charge < -0.3 is 10.3 Å². The van der Waals surface area contributed by atoms with E-state index in [0.29, 0.717) is 5.56 Å². The maximum absolute atomic E-state index is 14.0. The van der Waals surface area contributed by atoms with Crippen molar-refractivity contribution < 1.29 is 9.31 Å². The van der Waals surface area contributed by atoms with Gasteiger partial charge in [0.25, 0.3) is 0 Å². The number of benzene rings is 1. The first kappa shape index (κ1) is 14.2. The van der Waals surface area contributed by atoms with Gasteiger partial charge in [0.15, 0.2) is 0 Å². The molecule has 1 heterocycles. The highest BCUT2D eigenvalue weighted by molar-refractivity contribution is 5.37. The molecule has 0 aliphatic heterocycles. The molecule has 0 aliphatic carbocycles. The topological polar surface area (TPSA) is 74.1 Å². The predicted molar refractivity (Wildman–Crippen MR) is 73.9 cm³/mol. The number of nitro benzene ring substituents is 1. The Morgan fingerprint density at radius 2 is 2.20 bits per heavy atom. The minimum Gasteiger partial charge on any atom is -0.350 e. The Bertz CT molecular complexity index is 623. The SMILES string of the molecule is CC(N)Cc1ccn(Cc2cccc([N+](=O)[O-])c2F)c1. The summed E-state index contributed by atoms with van der Waals surface area (Å²) >= 11 is 0. The summed E-state index contributed by atoms with van der Waals surface area (Å²) in [6.45, 7) is 2.17. The van der Waals surface area contributed by atoms with Gasteiger partial charge in [0.2, 0.25) is 5.82 Å². The third kappa shape index (κ3) is 3.21. The molecule has 106 valence electrons. The predicted octanol–water partition coefficient (Wildman–Crippen LogP) is 2.47. The van der Waals surface area contributed by atoms with E-state index in [-0.39, 0.29) is 12.6 Å². The third-order valence-corrected chi connectivity index (χ3v) is 2.98. The number of hydrogen-bond donors (Lipinski definition) is 1. The van der Waals surface area contributed by atoms with E-state index in [1.807, 2.05) is 25.4 Å². The van der Waals surface area contributed by atoms with Crippen molar-refractivity contribution >= 4 is 5.69 Å². The summed E-state index contributed by atoms with van der Waals surface area (Å²) in [5.41, 5.74) is 6.58. The number of aromatic nitrogens is 1. The lowest BCUT2D eigenvalue weighted by Gasteiger charge is -2.05. The van der Waals surface area contributed by atoms with Gasteiger partial charge in [0, 0.05) is 30.1 Å². The highest BCUT2D eigenvalue weighted by Gasteiger charge is 2.17. The van der Waals surface area contributed by atoms with E-state index in [0.717, 1.165) is 18.1 Å². The minimum absolute atomic E-state index is 0.0559. The Morgan fingerprint density at radius 3 is 2.85 bits per heavy atom. The Kier molecular flexibility index (Phi) is 4.14. The van der Waals surface area contributed by atoms with E-state index in [1.165, 1.54) is 6.07 Å². The summed E-state index contributed by atoms with van der Waals surface area (Å²) in [5, 5.41) is 10.7. The molecule has 2 aromatic rings. The Labute approximate surface area is 116 Å². The third-order valence-electron chi connectivity index (χ3n) is 2.98. The van der Waals surface area contributed by atoms with E-state index >= 15 is 0 Å². The lowest BCUT2D eigenvalue weighted by atomic mass is 10.1. The highest BCUT2D eigenvalue weighted by Crippen LogP contribution is 2.21. The molecule has 1 atom stereocenters. The monoisotopic (exact) mass is 277 g/mol. The van der Waals surface area contributed by atoms with Crippen LogP contribution in [0.2, 0.25) is 0 Å². The molecule has 0 aliphatic rings. The summed E-state index contributed by atoms with van der Waals surface area (Å²) in [6.07, 6.45) is 4.43. The summed E-state index contributed by atoms with van der Waals surface area (Å²) in [6, 6.07) is 6.17. The van der Waals surface area contributed by atoms with Gasteiger partial charge in [-0.1, -0.05) is 12.1 Å². The average molecular weight is 277 g/mol. The van der Waals surface area contributed by atoms with Crippen molar-refractivity contribution in [1.82, 2.24) is 4.57 Å². The zero-order chi connectivity index (χ0) is 14.7. The maximum Gasteiger partial charge on any atom is 0.305 e. The van der Waals surface area contributed by atoms with Crippen molar-refractivity contribution in [3.63, 3.8) is 0 Å². The van der Waals surface area contributed by atoms with E-state index in [4.69, 9.17) is 5.73 Å². The lowest BCUT2D eigenvalue weighted by Crippen LogP contribution is -2.17. The molecule has 0 bridgehead atoms. The van der Waals surface area contributed by atoms with Crippen LogP contribution in [0.4, 0.5) is 10.1 Å². The van der Waals surface area contributed by atoms with Crippen LogP contribution < -0.4 is 5.73 Å². The van der Waals surface area contributed by atoms with Crippen molar-refractivity contribution in [2.45, 2.75) is 25.9 Å². The molecular weight excluding hydrogens is 261 g/mol. The van der Waals surface area contributed by atoms with Crippen molar-refractivity contribution in [3.05, 3.63) is 63.7 Å². The van der Waals surface area contributed by atoms with Crippen LogP contribution in [-0.4, -0.2) is 15.5 Å². The molecule has 20 heavy (non-hydrogen) atoms. The summed E-state index contributed by atoms with van der Waals surface area (Å²) in [7, 11) is 0. The normalized spacial score (nSPS) is 12.3. The molecule has 0 fully saturated rings. The maximum atomic E-state index is 14.0. The molecule has 1 aromatic carbocycles. The molecule has 2 N–H and O–H groups in total. The van der Waals surface area contributed by atoms with Crippen LogP contribution in [0.1, 0.15) is 18.1 Å². The summed E-state index contributed by atoms with van der Waals surface area (Å²) in [5.74, 6) is -0.778. The standard InChI is InChI=1S/C14H16FN3O2/c1-10(16)7-11-5-6-17(8-11)9-12-3-2-4-13(14(12)15)18(19)20/h2-6,8,10H,7,9,16H2,1H3. The van der Waals surface area contributed by atoms with Crippen molar-refractivity contribution in [3.8, 4) is 0 Å². The molecule has 0 spiro atoms. The number of halogens is 1. The molecule has 1 aromatic heterocycles. The second-order valence-electron chi connectivity index (χ2n) is 4.88. The van der Waals surface area contributed by atoms with Gasteiger partial charge in [-0.3, -0.25) is 10.1 Å². The van der Waals surface area contributed by atoms with Crippen LogP contribution in [0.5, 0.6) is 0 Å². The first-order valence-electron chi connectivity index (χ1n) is 6.29. The fourth-order valence-corrected chi connectivity index (χ4v) is 2.11. The number of nitrogens with two attached hydrogens (primary N) is 1. The molecule has 0 saturated carbocycles. The summed E-state index contributed by atoms with van der Waals surface area (Å²) < 4.78 is 15.7. The zero-order valence-corrected chi connectivity index (χ0v) is 11.1. The second kappa shape index (κ2) is 5.83. The van der Waals surface area contributed by atoms with Crippen molar-refractivity contribution in [2.24, 2.45) is 5.73 Å². The van der Waals surface area contributed by atoms with Crippen LogP contribution in [0.25, 0.3) is 0 Å². The Hall–Kier alpha value is -2.21. The van der Waals surface area contributed by atoms with Crippen LogP contribution in [0.15, 0.2) is 36.7 Å². The molecule has 0 radical (unpaired) electrons. The quantitative estimate of drug-likeness (QED) is 0.674.